The Labute approximate surface area is 158 Å². The van der Waals surface area contributed by atoms with E-state index in [1.807, 2.05) is 25.1 Å². The molecular formula is C21H23N3O3. The molecule has 1 aliphatic carbocycles. The van der Waals surface area contributed by atoms with Crippen LogP contribution in [0.25, 0.3) is 0 Å². The van der Waals surface area contributed by atoms with Gasteiger partial charge in [-0.1, -0.05) is 18.2 Å². The van der Waals surface area contributed by atoms with Crippen molar-refractivity contribution in [1.82, 2.24) is 14.9 Å². The van der Waals surface area contributed by atoms with Crippen LogP contribution in [-0.4, -0.2) is 40.5 Å². The molecule has 0 spiro atoms. The number of aryl methyl sites for hydroxylation is 1. The largest absolute Gasteiger partial charge is 0.493 e. The maximum absolute atomic E-state index is 13.0. The summed E-state index contributed by atoms with van der Waals surface area (Å²) in [5, 5.41) is 0. The lowest BCUT2D eigenvalue weighted by Crippen LogP contribution is -2.36. The van der Waals surface area contributed by atoms with Gasteiger partial charge in [0.15, 0.2) is 0 Å². The molecule has 3 aliphatic rings. The summed E-state index contributed by atoms with van der Waals surface area (Å²) in [6, 6.07) is 9.97. The molecule has 5 rings (SSSR count). The lowest BCUT2D eigenvalue weighted by molar-refractivity contribution is -0.134. The highest BCUT2D eigenvalue weighted by Gasteiger charge is 2.50. The van der Waals surface area contributed by atoms with E-state index in [2.05, 4.69) is 20.9 Å². The number of hydrogen-bond donors (Lipinski definition) is 0. The van der Waals surface area contributed by atoms with E-state index in [1.165, 1.54) is 0 Å². The molecule has 1 saturated heterocycles. The van der Waals surface area contributed by atoms with E-state index in [-0.39, 0.29) is 23.8 Å². The molecule has 0 radical (unpaired) electrons. The first-order valence-electron chi connectivity index (χ1n) is 9.65. The van der Waals surface area contributed by atoms with Gasteiger partial charge in [0.1, 0.15) is 11.6 Å². The van der Waals surface area contributed by atoms with Crippen LogP contribution in [0.1, 0.15) is 30.3 Å². The minimum absolute atomic E-state index is 0.0868. The highest BCUT2D eigenvalue weighted by molar-refractivity contribution is 5.82. The van der Waals surface area contributed by atoms with Crippen LogP contribution in [-0.2, 0) is 4.79 Å². The van der Waals surface area contributed by atoms with Crippen molar-refractivity contribution in [2.24, 2.45) is 17.8 Å². The molecule has 6 nitrogen and oxygen atoms in total. The molecule has 27 heavy (non-hydrogen) atoms. The van der Waals surface area contributed by atoms with Gasteiger partial charge in [-0.15, -0.1) is 0 Å². The minimum Gasteiger partial charge on any atom is -0.493 e. The zero-order chi connectivity index (χ0) is 18.4. The van der Waals surface area contributed by atoms with Gasteiger partial charge >= 0.3 is 0 Å². The van der Waals surface area contributed by atoms with E-state index in [0.717, 1.165) is 24.2 Å². The zero-order valence-corrected chi connectivity index (χ0v) is 15.4. The molecule has 6 heteroatoms. The van der Waals surface area contributed by atoms with Gasteiger partial charge in [0.05, 0.1) is 19.3 Å². The van der Waals surface area contributed by atoms with Crippen molar-refractivity contribution in [2.45, 2.75) is 25.8 Å². The van der Waals surface area contributed by atoms with Crippen LogP contribution >= 0.6 is 0 Å². The molecule has 1 amide bonds. The Kier molecular flexibility index (Phi) is 3.99. The predicted molar refractivity (Wildman–Crippen MR) is 98.4 cm³/mol. The zero-order valence-electron chi connectivity index (χ0n) is 15.4. The minimum atomic E-state index is 0.0868. The van der Waals surface area contributed by atoms with Crippen LogP contribution in [0.5, 0.6) is 11.6 Å². The first-order chi connectivity index (χ1) is 13.2. The van der Waals surface area contributed by atoms with Crippen molar-refractivity contribution in [3.05, 3.63) is 47.9 Å². The molecule has 2 aromatic rings. The van der Waals surface area contributed by atoms with E-state index in [4.69, 9.17) is 9.47 Å². The average molecular weight is 365 g/mol. The van der Waals surface area contributed by atoms with Gasteiger partial charge in [0, 0.05) is 42.1 Å². The quantitative estimate of drug-likeness (QED) is 0.834. The van der Waals surface area contributed by atoms with Crippen LogP contribution in [0.4, 0.5) is 0 Å². The molecule has 0 unspecified atom stereocenters. The van der Waals surface area contributed by atoms with Crippen molar-refractivity contribution in [1.29, 1.82) is 0 Å². The highest BCUT2D eigenvalue weighted by Crippen LogP contribution is 2.49. The molecule has 0 bridgehead atoms. The summed E-state index contributed by atoms with van der Waals surface area (Å²) in [5.74, 6) is 3.15. The molecule has 2 fully saturated rings. The van der Waals surface area contributed by atoms with Gasteiger partial charge < -0.3 is 14.4 Å². The van der Waals surface area contributed by atoms with Gasteiger partial charge in [-0.25, -0.2) is 4.98 Å². The van der Waals surface area contributed by atoms with Gasteiger partial charge in [-0.2, -0.15) is 4.98 Å². The normalized spacial score (nSPS) is 26.1. The van der Waals surface area contributed by atoms with E-state index >= 15 is 0 Å². The second kappa shape index (κ2) is 6.51. The number of hydrogen-bond acceptors (Lipinski definition) is 5. The molecule has 140 valence electrons. The third kappa shape index (κ3) is 3.03. The Morgan fingerprint density at radius 1 is 1.30 bits per heavy atom. The third-order valence-corrected chi connectivity index (χ3v) is 5.85. The molecule has 2 aliphatic heterocycles. The van der Waals surface area contributed by atoms with Crippen molar-refractivity contribution in [3.63, 3.8) is 0 Å². The smallest absolute Gasteiger partial charge is 0.226 e. The van der Waals surface area contributed by atoms with E-state index in [1.54, 1.807) is 12.3 Å². The molecule has 1 aromatic carbocycles. The number of para-hydroxylation sites is 1. The fourth-order valence-electron chi connectivity index (χ4n) is 4.33. The lowest BCUT2D eigenvalue weighted by Gasteiger charge is -2.34. The summed E-state index contributed by atoms with van der Waals surface area (Å²) >= 11 is 0. The number of amides is 1. The van der Waals surface area contributed by atoms with Crippen molar-refractivity contribution < 1.29 is 14.3 Å². The van der Waals surface area contributed by atoms with E-state index in [0.29, 0.717) is 37.4 Å². The fraction of sp³-hybridized carbons (Fsp3) is 0.476. The maximum Gasteiger partial charge on any atom is 0.226 e. The summed E-state index contributed by atoms with van der Waals surface area (Å²) in [4.78, 5) is 23.5. The number of rotatable bonds is 4. The monoisotopic (exact) mass is 365 g/mol. The number of carbonyl (C=O) groups is 1. The van der Waals surface area contributed by atoms with Crippen LogP contribution < -0.4 is 9.47 Å². The van der Waals surface area contributed by atoms with Crippen LogP contribution in [0.15, 0.2) is 36.5 Å². The topological polar surface area (TPSA) is 64.5 Å². The molecule has 1 aromatic heterocycles. The van der Waals surface area contributed by atoms with Gasteiger partial charge in [-0.3, -0.25) is 4.79 Å². The van der Waals surface area contributed by atoms with E-state index in [9.17, 15) is 4.79 Å². The van der Waals surface area contributed by atoms with Gasteiger partial charge in [-0.05, 0) is 25.8 Å². The van der Waals surface area contributed by atoms with Crippen LogP contribution in [0.2, 0.25) is 0 Å². The second-order valence-corrected chi connectivity index (χ2v) is 7.74. The number of carbonyl (C=O) groups excluding carboxylic acids is 1. The van der Waals surface area contributed by atoms with E-state index < -0.39 is 0 Å². The fourth-order valence-corrected chi connectivity index (χ4v) is 4.33. The number of ether oxygens (including phenoxy) is 2. The number of fused-ring (bicyclic) bond motifs is 3. The predicted octanol–water partition coefficient (Wildman–Crippen LogP) is 2.78. The summed E-state index contributed by atoms with van der Waals surface area (Å²) in [6.07, 6.45) is 3.75. The van der Waals surface area contributed by atoms with Crippen LogP contribution in [0, 0.1) is 24.7 Å². The second-order valence-electron chi connectivity index (χ2n) is 7.74. The van der Waals surface area contributed by atoms with Gasteiger partial charge in [0.2, 0.25) is 11.8 Å². The summed E-state index contributed by atoms with van der Waals surface area (Å²) in [7, 11) is 0. The lowest BCUT2D eigenvalue weighted by atomic mass is 9.85. The number of aromatic nitrogens is 2. The first kappa shape index (κ1) is 16.5. The Morgan fingerprint density at radius 3 is 2.96 bits per heavy atom. The molecule has 1 saturated carbocycles. The van der Waals surface area contributed by atoms with Crippen molar-refractivity contribution in [3.8, 4) is 11.6 Å². The summed E-state index contributed by atoms with van der Waals surface area (Å²) < 4.78 is 12.0. The molecule has 3 atom stereocenters. The van der Waals surface area contributed by atoms with Gasteiger partial charge in [0.25, 0.3) is 0 Å². The third-order valence-electron chi connectivity index (χ3n) is 5.85. The standard InChI is InChI=1S/C21H23N3O3/c1-13-22-9-8-19(23-13)27-11-15-10-24(21(25)14-6-7-14)20-16-4-2-3-5-18(16)26-12-17(15)20/h2-5,8-9,14-15,17,20H,6-7,10-12H2,1H3/t15-,17-,20-/m0/s1. The van der Waals surface area contributed by atoms with Crippen molar-refractivity contribution >= 4 is 5.91 Å². The maximum atomic E-state index is 13.0. The molecule has 0 N–H and O–H groups in total. The Balaban J connectivity index is 1.40. The summed E-state index contributed by atoms with van der Waals surface area (Å²) in [5.41, 5.74) is 1.13. The number of likely N-dealkylation sites (tertiary alicyclic amines) is 1. The first-order valence-corrected chi connectivity index (χ1v) is 9.65. The Bertz CT molecular complexity index is 867. The molecular weight excluding hydrogens is 342 g/mol. The Hall–Kier alpha value is -2.63. The Morgan fingerprint density at radius 2 is 2.15 bits per heavy atom. The summed E-state index contributed by atoms with van der Waals surface area (Å²) in [6.45, 7) is 3.71. The van der Waals surface area contributed by atoms with Crippen molar-refractivity contribution in [2.75, 3.05) is 19.8 Å². The number of nitrogens with zero attached hydrogens (tertiary/aromatic N) is 3. The number of benzene rings is 1. The average Bonchev–Trinajstić information content (AvgIpc) is 3.47. The molecule has 3 heterocycles. The SMILES string of the molecule is Cc1nccc(OC[C@@H]2CN(C(=O)C3CC3)[C@H]3c4ccccc4OC[C@@H]23)n1. The van der Waals surface area contributed by atoms with Crippen LogP contribution in [0.3, 0.4) is 0 Å². The highest BCUT2D eigenvalue weighted by atomic mass is 16.5.